The number of nitrogens with zero attached hydrogens (tertiary/aromatic N) is 4. The van der Waals surface area contributed by atoms with E-state index in [1.807, 2.05) is 0 Å². The number of aromatic nitrogens is 3. The highest BCUT2D eigenvalue weighted by Gasteiger charge is 2.29. The maximum atomic E-state index is 13.9. The second-order valence-electron chi connectivity index (χ2n) is 4.50. The molecule has 1 saturated heterocycles. The Kier molecular flexibility index (Phi) is 3.18. The molecule has 2 aromatic rings. The van der Waals surface area contributed by atoms with E-state index in [1.54, 1.807) is 4.57 Å². The zero-order valence-electron chi connectivity index (χ0n) is 10.4. The number of nitrogens with two attached hydrogens (primary N) is 1. The predicted molar refractivity (Wildman–Crippen MR) is 66.8 cm³/mol. The van der Waals surface area contributed by atoms with Gasteiger partial charge in [-0.15, -0.1) is 4.91 Å². The predicted octanol–water partition coefficient (Wildman–Crippen LogP) is 1.53. The van der Waals surface area contributed by atoms with Crippen LogP contribution in [0.1, 0.15) is 19.1 Å². The topological polar surface area (TPSA) is 105 Å². The Morgan fingerprint density at radius 1 is 1.55 bits per heavy atom. The standard InChI is InChI=1S/C11H12FN5O3/c12-7-3-17(11-9(7)10(13)14-5-15-11)8-2-1-6(20-8)4-19-16-18/h3,5-6,8H,1-2,4H2,(H2,13,14,15). The van der Waals surface area contributed by atoms with Crippen molar-refractivity contribution in [3.63, 3.8) is 0 Å². The van der Waals surface area contributed by atoms with Crippen molar-refractivity contribution in [2.45, 2.75) is 25.2 Å². The SMILES string of the molecule is Nc1ncnc2c1c(F)cn2C1CCC(CON=O)O1. The van der Waals surface area contributed by atoms with E-state index in [-0.39, 0.29) is 30.1 Å². The van der Waals surface area contributed by atoms with E-state index in [9.17, 15) is 9.30 Å². The van der Waals surface area contributed by atoms with E-state index in [1.165, 1.54) is 12.5 Å². The van der Waals surface area contributed by atoms with Gasteiger partial charge in [0.05, 0.1) is 11.5 Å². The molecule has 2 atom stereocenters. The molecule has 0 aliphatic carbocycles. The maximum absolute atomic E-state index is 13.9. The summed E-state index contributed by atoms with van der Waals surface area (Å²) >= 11 is 0. The van der Waals surface area contributed by atoms with Gasteiger partial charge in [-0.25, -0.2) is 14.4 Å². The van der Waals surface area contributed by atoms with Gasteiger partial charge in [0.1, 0.15) is 25.0 Å². The summed E-state index contributed by atoms with van der Waals surface area (Å²) in [7, 11) is 0. The van der Waals surface area contributed by atoms with Crippen LogP contribution < -0.4 is 5.73 Å². The zero-order valence-corrected chi connectivity index (χ0v) is 10.4. The third-order valence-corrected chi connectivity index (χ3v) is 3.30. The number of ether oxygens (including phenoxy) is 1. The Morgan fingerprint density at radius 2 is 2.40 bits per heavy atom. The fraction of sp³-hybridized carbons (Fsp3) is 0.455. The molecule has 0 saturated carbocycles. The first-order valence-corrected chi connectivity index (χ1v) is 6.07. The quantitative estimate of drug-likeness (QED) is 0.673. The van der Waals surface area contributed by atoms with Gasteiger partial charge in [0, 0.05) is 6.20 Å². The van der Waals surface area contributed by atoms with Crippen LogP contribution in [0.5, 0.6) is 0 Å². The van der Waals surface area contributed by atoms with E-state index in [2.05, 4.69) is 20.1 Å². The number of nitrogen functional groups attached to an aromatic ring is 1. The number of hydrogen-bond donors (Lipinski definition) is 1. The number of hydrogen-bond acceptors (Lipinski definition) is 7. The van der Waals surface area contributed by atoms with E-state index >= 15 is 0 Å². The smallest absolute Gasteiger partial charge is 0.155 e. The molecule has 20 heavy (non-hydrogen) atoms. The van der Waals surface area contributed by atoms with Gasteiger partial charge in [0.15, 0.2) is 16.8 Å². The molecule has 3 rings (SSSR count). The largest absolute Gasteiger partial charge is 0.383 e. The molecule has 2 unspecified atom stereocenters. The van der Waals surface area contributed by atoms with Crippen LogP contribution in [0.15, 0.2) is 17.9 Å². The minimum Gasteiger partial charge on any atom is -0.383 e. The molecule has 2 N–H and O–H groups in total. The highest BCUT2D eigenvalue weighted by Crippen LogP contribution is 2.33. The van der Waals surface area contributed by atoms with Crippen molar-refractivity contribution >= 4 is 16.9 Å². The summed E-state index contributed by atoms with van der Waals surface area (Å²) in [5.74, 6) is -0.398. The second-order valence-corrected chi connectivity index (χ2v) is 4.50. The summed E-state index contributed by atoms with van der Waals surface area (Å²) in [4.78, 5) is 22.2. The fourth-order valence-electron chi connectivity index (χ4n) is 2.41. The van der Waals surface area contributed by atoms with Crippen LogP contribution in [0.4, 0.5) is 10.2 Å². The number of fused-ring (bicyclic) bond motifs is 1. The molecule has 2 aromatic heterocycles. The van der Waals surface area contributed by atoms with Crippen molar-refractivity contribution in [1.82, 2.24) is 14.5 Å². The Morgan fingerprint density at radius 3 is 3.20 bits per heavy atom. The highest BCUT2D eigenvalue weighted by molar-refractivity contribution is 5.86. The molecule has 8 nitrogen and oxygen atoms in total. The van der Waals surface area contributed by atoms with Crippen LogP contribution >= 0.6 is 0 Å². The van der Waals surface area contributed by atoms with E-state index in [0.717, 1.165) is 0 Å². The molecular formula is C11H12FN5O3. The first kappa shape index (κ1) is 12.7. The van der Waals surface area contributed by atoms with Gasteiger partial charge in [-0.05, 0) is 12.8 Å². The van der Waals surface area contributed by atoms with Gasteiger partial charge in [0.2, 0.25) is 0 Å². The van der Waals surface area contributed by atoms with Crippen LogP contribution in [0.2, 0.25) is 0 Å². The summed E-state index contributed by atoms with van der Waals surface area (Å²) in [6.07, 6.45) is 3.28. The zero-order chi connectivity index (χ0) is 14.1. The Hall–Kier alpha value is -2.29. The van der Waals surface area contributed by atoms with E-state index in [4.69, 9.17) is 10.5 Å². The van der Waals surface area contributed by atoms with Crippen molar-refractivity contribution in [3.8, 4) is 0 Å². The monoisotopic (exact) mass is 281 g/mol. The van der Waals surface area contributed by atoms with Gasteiger partial charge in [-0.3, -0.25) is 0 Å². The molecule has 106 valence electrons. The molecular weight excluding hydrogens is 269 g/mol. The van der Waals surface area contributed by atoms with Gasteiger partial charge < -0.3 is 19.9 Å². The molecule has 1 fully saturated rings. The minimum atomic E-state index is -0.490. The lowest BCUT2D eigenvalue weighted by atomic mass is 10.2. The number of halogens is 1. The van der Waals surface area contributed by atoms with Crippen LogP contribution in [0, 0.1) is 10.7 Å². The van der Waals surface area contributed by atoms with Crippen molar-refractivity contribution in [3.05, 3.63) is 23.2 Å². The van der Waals surface area contributed by atoms with Gasteiger partial charge in [-0.1, -0.05) is 0 Å². The first-order chi connectivity index (χ1) is 9.70. The molecule has 9 heteroatoms. The van der Waals surface area contributed by atoms with Gasteiger partial charge in [-0.2, -0.15) is 0 Å². The normalized spacial score (nSPS) is 22.2. The first-order valence-electron chi connectivity index (χ1n) is 6.07. The molecule has 1 aliphatic heterocycles. The summed E-state index contributed by atoms with van der Waals surface area (Å²) < 4.78 is 21.2. The van der Waals surface area contributed by atoms with E-state index < -0.39 is 5.82 Å². The lowest BCUT2D eigenvalue weighted by molar-refractivity contribution is -0.0398. The third kappa shape index (κ3) is 2.05. The lowest BCUT2D eigenvalue weighted by Crippen LogP contribution is -2.15. The van der Waals surface area contributed by atoms with Crippen molar-refractivity contribution in [2.75, 3.05) is 12.3 Å². The Balaban J connectivity index is 1.88. The molecule has 0 bridgehead atoms. The average Bonchev–Trinajstić information content (AvgIpc) is 3.02. The van der Waals surface area contributed by atoms with Crippen LogP contribution in [0.25, 0.3) is 11.0 Å². The van der Waals surface area contributed by atoms with Crippen LogP contribution in [-0.2, 0) is 9.57 Å². The van der Waals surface area contributed by atoms with Gasteiger partial charge >= 0.3 is 0 Å². The average molecular weight is 281 g/mol. The van der Waals surface area contributed by atoms with E-state index in [0.29, 0.717) is 18.5 Å². The van der Waals surface area contributed by atoms with Crippen molar-refractivity contribution in [2.24, 2.45) is 5.34 Å². The summed E-state index contributed by atoms with van der Waals surface area (Å²) in [6.45, 7) is 0.0821. The Labute approximate surface area is 112 Å². The molecule has 0 amide bonds. The van der Waals surface area contributed by atoms with Crippen LogP contribution in [0.3, 0.4) is 0 Å². The van der Waals surface area contributed by atoms with Crippen molar-refractivity contribution in [1.29, 1.82) is 0 Å². The second kappa shape index (κ2) is 5.00. The van der Waals surface area contributed by atoms with Crippen molar-refractivity contribution < 1.29 is 14.0 Å². The number of anilines is 1. The Bertz CT molecular complexity index is 646. The number of rotatable bonds is 4. The fourth-order valence-corrected chi connectivity index (χ4v) is 2.41. The summed E-state index contributed by atoms with van der Waals surface area (Å²) in [6, 6.07) is 0. The maximum Gasteiger partial charge on any atom is 0.155 e. The summed E-state index contributed by atoms with van der Waals surface area (Å²) in [5.41, 5.74) is 6.03. The highest BCUT2D eigenvalue weighted by atomic mass is 19.1. The van der Waals surface area contributed by atoms with Gasteiger partial charge in [0.25, 0.3) is 0 Å². The summed E-state index contributed by atoms with van der Waals surface area (Å²) in [5, 5.41) is 2.51. The molecule has 0 spiro atoms. The minimum absolute atomic E-state index is 0.0821. The lowest BCUT2D eigenvalue weighted by Gasteiger charge is -2.14. The molecule has 0 aromatic carbocycles. The molecule has 3 heterocycles. The molecule has 1 aliphatic rings. The van der Waals surface area contributed by atoms with Crippen LogP contribution in [-0.4, -0.2) is 27.2 Å². The molecule has 0 radical (unpaired) electrons. The third-order valence-electron chi connectivity index (χ3n) is 3.30.